The Balaban J connectivity index is 2.00. The first-order valence-electron chi connectivity index (χ1n) is 5.89. The average Bonchev–Trinajstić information content (AvgIpc) is 2.97. The lowest BCUT2D eigenvalue weighted by Gasteiger charge is -2.00. The number of hydrogen-bond donors (Lipinski definition) is 1. The van der Waals surface area contributed by atoms with E-state index in [0.717, 1.165) is 5.56 Å². The molecule has 0 bridgehead atoms. The number of aromatic hydroxyl groups is 1. The number of pyridine rings is 1. The van der Waals surface area contributed by atoms with Crippen LogP contribution in [0.3, 0.4) is 0 Å². The molecule has 0 saturated carbocycles. The van der Waals surface area contributed by atoms with E-state index in [1.807, 2.05) is 18.2 Å². The molecule has 100 valence electrons. The molecular formula is C14H11N3O3. The average molecular weight is 269 g/mol. The molecule has 2 aromatic heterocycles. The van der Waals surface area contributed by atoms with Gasteiger partial charge in [0, 0.05) is 11.8 Å². The lowest BCUT2D eigenvalue weighted by Crippen LogP contribution is -1.85. The molecular weight excluding hydrogens is 258 g/mol. The Labute approximate surface area is 114 Å². The van der Waals surface area contributed by atoms with Crippen LogP contribution in [0.1, 0.15) is 0 Å². The topological polar surface area (TPSA) is 81.3 Å². The van der Waals surface area contributed by atoms with Gasteiger partial charge in [0.2, 0.25) is 5.82 Å². The van der Waals surface area contributed by atoms with Gasteiger partial charge in [-0.2, -0.15) is 4.98 Å². The van der Waals surface area contributed by atoms with Gasteiger partial charge in [-0.15, -0.1) is 0 Å². The first-order valence-corrected chi connectivity index (χ1v) is 5.89. The summed E-state index contributed by atoms with van der Waals surface area (Å²) < 4.78 is 10.3. The van der Waals surface area contributed by atoms with Gasteiger partial charge in [-0.3, -0.25) is 4.98 Å². The number of benzene rings is 1. The summed E-state index contributed by atoms with van der Waals surface area (Å²) in [5, 5.41) is 13.6. The molecule has 0 spiro atoms. The van der Waals surface area contributed by atoms with Crippen LogP contribution in [0.4, 0.5) is 0 Å². The van der Waals surface area contributed by atoms with Gasteiger partial charge < -0.3 is 14.4 Å². The third-order valence-corrected chi connectivity index (χ3v) is 2.78. The number of ether oxygens (including phenoxy) is 1. The van der Waals surface area contributed by atoms with Crippen molar-refractivity contribution in [2.45, 2.75) is 0 Å². The van der Waals surface area contributed by atoms with Gasteiger partial charge in [-0.1, -0.05) is 17.3 Å². The predicted molar refractivity (Wildman–Crippen MR) is 71.2 cm³/mol. The Kier molecular flexibility index (Phi) is 3.04. The highest BCUT2D eigenvalue weighted by molar-refractivity contribution is 5.64. The van der Waals surface area contributed by atoms with E-state index < -0.39 is 0 Å². The number of rotatable bonds is 3. The summed E-state index contributed by atoms with van der Waals surface area (Å²) in [4.78, 5) is 8.07. The predicted octanol–water partition coefficient (Wildman–Crippen LogP) is 2.51. The van der Waals surface area contributed by atoms with E-state index in [2.05, 4.69) is 15.1 Å². The van der Waals surface area contributed by atoms with Crippen molar-refractivity contribution < 1.29 is 14.4 Å². The van der Waals surface area contributed by atoms with Crippen molar-refractivity contribution in [1.29, 1.82) is 0 Å². The first-order chi connectivity index (χ1) is 9.78. The van der Waals surface area contributed by atoms with Crippen molar-refractivity contribution in [2.24, 2.45) is 0 Å². The summed E-state index contributed by atoms with van der Waals surface area (Å²) in [6, 6.07) is 8.94. The largest absolute Gasteiger partial charge is 0.505 e. The Morgan fingerprint density at radius 1 is 1.25 bits per heavy atom. The first kappa shape index (κ1) is 12.2. The zero-order valence-electron chi connectivity index (χ0n) is 10.6. The molecule has 20 heavy (non-hydrogen) atoms. The minimum absolute atomic E-state index is 0.00616. The molecule has 3 aromatic rings. The summed E-state index contributed by atoms with van der Waals surface area (Å²) in [6.07, 6.45) is 2.87. The maximum absolute atomic E-state index is 9.72. The molecule has 0 fully saturated rings. The van der Waals surface area contributed by atoms with Crippen molar-refractivity contribution in [3.8, 4) is 34.3 Å². The lowest BCUT2D eigenvalue weighted by molar-refractivity contribution is 0.414. The maximum Gasteiger partial charge on any atom is 0.262 e. The molecule has 0 radical (unpaired) electrons. The zero-order chi connectivity index (χ0) is 13.9. The fourth-order valence-electron chi connectivity index (χ4n) is 1.78. The van der Waals surface area contributed by atoms with Crippen LogP contribution < -0.4 is 4.74 Å². The standard InChI is InChI=1S/C14H11N3O3/c1-19-10-4-2-3-9(7-10)13-16-14(20-17-13)11-5-6-15-8-12(11)18/h2-8,18H,1H3. The van der Waals surface area contributed by atoms with Crippen molar-refractivity contribution in [1.82, 2.24) is 15.1 Å². The Hall–Kier alpha value is -2.89. The van der Waals surface area contributed by atoms with Gasteiger partial charge in [-0.05, 0) is 18.2 Å². The molecule has 0 atom stereocenters. The van der Waals surface area contributed by atoms with E-state index in [0.29, 0.717) is 17.1 Å². The number of nitrogens with zero attached hydrogens (tertiary/aromatic N) is 3. The van der Waals surface area contributed by atoms with Crippen molar-refractivity contribution >= 4 is 0 Å². The van der Waals surface area contributed by atoms with Crippen molar-refractivity contribution in [2.75, 3.05) is 7.11 Å². The smallest absolute Gasteiger partial charge is 0.262 e. The summed E-state index contributed by atoms with van der Waals surface area (Å²) in [6.45, 7) is 0. The van der Waals surface area contributed by atoms with Gasteiger partial charge in [0.05, 0.1) is 18.9 Å². The molecule has 6 nitrogen and oxygen atoms in total. The van der Waals surface area contributed by atoms with Crippen LogP contribution in [0.25, 0.3) is 22.8 Å². The summed E-state index contributed by atoms with van der Waals surface area (Å²) in [7, 11) is 1.59. The van der Waals surface area contributed by atoms with E-state index in [1.165, 1.54) is 6.20 Å². The number of hydrogen-bond acceptors (Lipinski definition) is 6. The number of aromatic nitrogens is 3. The van der Waals surface area contributed by atoms with Crippen LogP contribution in [-0.2, 0) is 0 Å². The highest BCUT2D eigenvalue weighted by atomic mass is 16.5. The summed E-state index contributed by atoms with van der Waals surface area (Å²) in [5.41, 5.74) is 1.22. The van der Waals surface area contributed by atoms with E-state index >= 15 is 0 Å². The van der Waals surface area contributed by atoms with Crippen LogP contribution in [0.15, 0.2) is 47.2 Å². The molecule has 1 N–H and O–H groups in total. The van der Waals surface area contributed by atoms with Crippen molar-refractivity contribution in [3.63, 3.8) is 0 Å². The van der Waals surface area contributed by atoms with Crippen molar-refractivity contribution in [3.05, 3.63) is 42.7 Å². The van der Waals surface area contributed by atoms with Crippen LogP contribution in [-0.4, -0.2) is 27.3 Å². The van der Waals surface area contributed by atoms with E-state index in [-0.39, 0.29) is 11.6 Å². The lowest BCUT2D eigenvalue weighted by atomic mass is 10.2. The van der Waals surface area contributed by atoms with Gasteiger partial charge >= 0.3 is 0 Å². The van der Waals surface area contributed by atoms with E-state index in [4.69, 9.17) is 9.26 Å². The van der Waals surface area contributed by atoms with Crippen LogP contribution >= 0.6 is 0 Å². The van der Waals surface area contributed by atoms with Crippen LogP contribution in [0, 0.1) is 0 Å². The van der Waals surface area contributed by atoms with Crippen LogP contribution in [0.5, 0.6) is 11.5 Å². The van der Waals surface area contributed by atoms with E-state index in [1.54, 1.807) is 25.4 Å². The summed E-state index contributed by atoms with van der Waals surface area (Å²) >= 11 is 0. The second-order valence-corrected chi connectivity index (χ2v) is 4.05. The Morgan fingerprint density at radius 2 is 2.15 bits per heavy atom. The van der Waals surface area contributed by atoms with Gasteiger partial charge in [0.15, 0.2) is 0 Å². The van der Waals surface area contributed by atoms with Gasteiger partial charge in [0.25, 0.3) is 5.89 Å². The fraction of sp³-hybridized carbons (Fsp3) is 0.0714. The maximum atomic E-state index is 9.72. The van der Waals surface area contributed by atoms with Crippen LogP contribution in [0.2, 0.25) is 0 Å². The van der Waals surface area contributed by atoms with Gasteiger partial charge in [-0.25, -0.2) is 0 Å². The Bertz CT molecular complexity index is 740. The molecule has 6 heteroatoms. The molecule has 0 saturated heterocycles. The third kappa shape index (κ3) is 2.18. The fourth-order valence-corrected chi connectivity index (χ4v) is 1.78. The molecule has 0 aliphatic heterocycles. The second-order valence-electron chi connectivity index (χ2n) is 4.05. The molecule has 3 rings (SSSR count). The normalized spacial score (nSPS) is 10.4. The Morgan fingerprint density at radius 3 is 2.95 bits per heavy atom. The summed E-state index contributed by atoms with van der Waals surface area (Å²) in [5.74, 6) is 1.37. The number of methoxy groups -OCH3 is 1. The SMILES string of the molecule is COc1cccc(-c2noc(-c3ccncc3O)n2)c1. The highest BCUT2D eigenvalue weighted by Gasteiger charge is 2.14. The van der Waals surface area contributed by atoms with Gasteiger partial charge in [0.1, 0.15) is 11.5 Å². The second kappa shape index (κ2) is 5.00. The monoisotopic (exact) mass is 269 g/mol. The molecule has 0 unspecified atom stereocenters. The minimum atomic E-state index is -0.00616. The van der Waals surface area contributed by atoms with E-state index in [9.17, 15) is 5.11 Å². The minimum Gasteiger partial charge on any atom is -0.505 e. The molecule has 0 aliphatic rings. The molecule has 1 aromatic carbocycles. The highest BCUT2D eigenvalue weighted by Crippen LogP contribution is 2.29. The third-order valence-electron chi connectivity index (χ3n) is 2.78. The quantitative estimate of drug-likeness (QED) is 0.786. The molecule has 0 aliphatic carbocycles. The molecule has 0 amide bonds. The zero-order valence-corrected chi connectivity index (χ0v) is 10.6. The molecule has 2 heterocycles.